The van der Waals surface area contributed by atoms with Gasteiger partial charge in [0.25, 0.3) is 5.56 Å². The number of nitriles is 1. The van der Waals surface area contributed by atoms with Crippen molar-refractivity contribution in [3.63, 3.8) is 0 Å². The number of anilines is 2. The smallest absolute Gasteiger partial charge is 0.264 e. The lowest BCUT2D eigenvalue weighted by Crippen LogP contribution is -2.26. The van der Waals surface area contributed by atoms with E-state index in [2.05, 4.69) is 21.4 Å². The number of halogens is 1. The largest absolute Gasteiger partial charge is 0.368 e. The molecule has 31 heavy (non-hydrogen) atoms. The van der Waals surface area contributed by atoms with Crippen LogP contribution in [0.2, 0.25) is 5.02 Å². The molecule has 7 nitrogen and oxygen atoms in total. The number of benzene rings is 2. The summed E-state index contributed by atoms with van der Waals surface area (Å²) in [5.74, 6) is 0.384. The lowest BCUT2D eigenvalue weighted by Gasteiger charge is -2.22. The van der Waals surface area contributed by atoms with Crippen molar-refractivity contribution < 1.29 is 0 Å². The Hall–Kier alpha value is -3.89. The summed E-state index contributed by atoms with van der Waals surface area (Å²) in [4.78, 5) is 21.8. The molecule has 2 aromatic heterocycles. The van der Waals surface area contributed by atoms with Crippen LogP contribution in [-0.4, -0.2) is 14.5 Å². The molecule has 0 aliphatic rings. The molecule has 2 aromatic carbocycles. The molecule has 1 atom stereocenters. The number of aryl methyl sites for hydroxylation is 1. The summed E-state index contributed by atoms with van der Waals surface area (Å²) in [6.07, 6.45) is 0. The molecule has 0 spiro atoms. The number of rotatable bonds is 4. The van der Waals surface area contributed by atoms with Crippen molar-refractivity contribution in [1.29, 1.82) is 5.26 Å². The summed E-state index contributed by atoms with van der Waals surface area (Å²) in [5.41, 5.74) is 7.74. The first-order chi connectivity index (χ1) is 14.9. The number of para-hydroxylation sites is 1. The van der Waals surface area contributed by atoms with Gasteiger partial charge in [-0.15, -0.1) is 0 Å². The molecule has 0 fully saturated rings. The fraction of sp³-hybridized carbons (Fsp3) is 0.130. The van der Waals surface area contributed by atoms with Crippen LogP contribution in [0.5, 0.6) is 0 Å². The highest BCUT2D eigenvalue weighted by Crippen LogP contribution is 2.28. The molecule has 0 bridgehead atoms. The summed E-state index contributed by atoms with van der Waals surface area (Å²) in [5, 5.41) is 14.3. The highest BCUT2D eigenvalue weighted by atomic mass is 35.5. The molecule has 4 aromatic rings. The Bertz CT molecular complexity index is 1390. The quantitative estimate of drug-likeness (QED) is 0.497. The van der Waals surface area contributed by atoms with Gasteiger partial charge in [-0.2, -0.15) is 10.2 Å². The molecule has 3 N–H and O–H groups in total. The first-order valence-electron chi connectivity index (χ1n) is 9.61. The average molecular weight is 431 g/mol. The second-order valence-corrected chi connectivity index (χ2v) is 7.53. The molecule has 0 saturated carbocycles. The predicted octanol–water partition coefficient (Wildman–Crippen LogP) is 4.37. The van der Waals surface area contributed by atoms with E-state index in [1.807, 2.05) is 49.4 Å². The van der Waals surface area contributed by atoms with Gasteiger partial charge >= 0.3 is 0 Å². The molecule has 0 amide bonds. The zero-order valence-corrected chi connectivity index (χ0v) is 17.7. The van der Waals surface area contributed by atoms with Crippen LogP contribution < -0.4 is 16.6 Å². The van der Waals surface area contributed by atoms with Gasteiger partial charge in [-0.25, -0.2) is 4.98 Å². The number of hydrogen-bond acceptors (Lipinski definition) is 6. The third-order valence-corrected chi connectivity index (χ3v) is 5.37. The van der Waals surface area contributed by atoms with Gasteiger partial charge in [0.2, 0.25) is 5.95 Å². The fourth-order valence-corrected chi connectivity index (χ4v) is 3.88. The van der Waals surface area contributed by atoms with Crippen molar-refractivity contribution >= 4 is 34.1 Å². The molecule has 154 valence electrons. The Kier molecular flexibility index (Phi) is 5.32. The summed E-state index contributed by atoms with van der Waals surface area (Å²) in [6.45, 7) is 3.59. The monoisotopic (exact) mass is 430 g/mol. The van der Waals surface area contributed by atoms with Gasteiger partial charge in [0, 0.05) is 11.4 Å². The van der Waals surface area contributed by atoms with E-state index in [4.69, 9.17) is 17.3 Å². The normalized spacial score (nSPS) is 11.8. The van der Waals surface area contributed by atoms with Gasteiger partial charge in [-0.3, -0.25) is 9.36 Å². The summed E-state index contributed by atoms with van der Waals surface area (Å²) in [7, 11) is 0. The van der Waals surface area contributed by atoms with E-state index in [0.29, 0.717) is 38.9 Å². The van der Waals surface area contributed by atoms with E-state index < -0.39 is 6.04 Å². The summed E-state index contributed by atoms with van der Waals surface area (Å²) >= 11 is 6.36. The van der Waals surface area contributed by atoms with E-state index in [1.165, 1.54) is 0 Å². The van der Waals surface area contributed by atoms with Crippen molar-refractivity contribution in [2.24, 2.45) is 0 Å². The van der Waals surface area contributed by atoms with Crippen LogP contribution in [0.15, 0.2) is 59.4 Å². The number of hydrogen-bond donors (Lipinski definition) is 2. The zero-order valence-electron chi connectivity index (χ0n) is 16.9. The van der Waals surface area contributed by atoms with Crippen LogP contribution in [0.3, 0.4) is 0 Å². The summed E-state index contributed by atoms with van der Waals surface area (Å²) < 4.78 is 1.62. The highest BCUT2D eigenvalue weighted by Gasteiger charge is 2.20. The molecule has 4 rings (SSSR count). The summed E-state index contributed by atoms with van der Waals surface area (Å²) in [6, 6.07) is 18.3. The molecule has 8 heteroatoms. The molecule has 0 saturated heterocycles. The number of nitrogens with two attached hydrogens (primary N) is 1. The van der Waals surface area contributed by atoms with Crippen LogP contribution in [0.25, 0.3) is 16.5 Å². The Balaban J connectivity index is 1.94. The average Bonchev–Trinajstić information content (AvgIpc) is 2.74. The standard InChI is InChI=1S/C23H19ClN6O/c1-13-17(12-25)21(29-23(26)28-13)27-14(2)19-11-15-7-6-10-18(24)20(15)22(31)30(19)16-8-4-3-5-9-16/h3-11,14H,1-2H3,(H3,26,27,28,29)/t14-/m0/s1. The van der Waals surface area contributed by atoms with Crippen LogP contribution >= 0.6 is 11.6 Å². The van der Waals surface area contributed by atoms with Crippen molar-refractivity contribution in [2.45, 2.75) is 19.9 Å². The SMILES string of the molecule is Cc1nc(N)nc(N[C@@H](C)c2cc3cccc(Cl)c3c(=O)n2-c2ccccc2)c1C#N. The second-order valence-electron chi connectivity index (χ2n) is 7.12. The van der Waals surface area contributed by atoms with E-state index >= 15 is 0 Å². The van der Waals surface area contributed by atoms with Gasteiger partial charge in [0.1, 0.15) is 17.5 Å². The van der Waals surface area contributed by atoms with Crippen molar-refractivity contribution in [3.05, 3.63) is 86.9 Å². The van der Waals surface area contributed by atoms with E-state index in [-0.39, 0.29) is 11.5 Å². The van der Waals surface area contributed by atoms with Gasteiger partial charge in [0.05, 0.1) is 22.1 Å². The highest BCUT2D eigenvalue weighted by molar-refractivity contribution is 6.35. The Labute approximate surface area is 183 Å². The van der Waals surface area contributed by atoms with Gasteiger partial charge in [0.15, 0.2) is 0 Å². The Morgan fingerprint density at radius 3 is 2.61 bits per heavy atom. The van der Waals surface area contributed by atoms with Crippen molar-refractivity contribution in [1.82, 2.24) is 14.5 Å². The lowest BCUT2D eigenvalue weighted by molar-refractivity contribution is 0.772. The third-order valence-electron chi connectivity index (χ3n) is 5.05. The molecule has 0 aliphatic heterocycles. The van der Waals surface area contributed by atoms with Crippen molar-refractivity contribution in [2.75, 3.05) is 11.1 Å². The Morgan fingerprint density at radius 2 is 1.90 bits per heavy atom. The molecule has 0 radical (unpaired) electrons. The van der Waals surface area contributed by atoms with Crippen LogP contribution in [0.1, 0.15) is 29.9 Å². The fourth-order valence-electron chi connectivity index (χ4n) is 3.61. The first kappa shape index (κ1) is 20.4. The number of pyridine rings is 1. The maximum Gasteiger partial charge on any atom is 0.264 e. The number of fused-ring (bicyclic) bond motifs is 1. The molecule has 0 aliphatic carbocycles. The third kappa shape index (κ3) is 3.69. The predicted molar refractivity (Wildman–Crippen MR) is 122 cm³/mol. The number of nitrogens with zero attached hydrogens (tertiary/aromatic N) is 4. The van der Waals surface area contributed by atoms with Gasteiger partial charge in [-0.05, 0) is 43.5 Å². The zero-order chi connectivity index (χ0) is 22.1. The van der Waals surface area contributed by atoms with Crippen LogP contribution in [-0.2, 0) is 0 Å². The van der Waals surface area contributed by atoms with Crippen molar-refractivity contribution in [3.8, 4) is 11.8 Å². The van der Waals surface area contributed by atoms with E-state index in [9.17, 15) is 10.1 Å². The van der Waals surface area contributed by atoms with E-state index in [0.717, 1.165) is 5.39 Å². The molecular weight excluding hydrogens is 412 g/mol. The first-order valence-corrected chi connectivity index (χ1v) is 9.99. The maximum atomic E-state index is 13.5. The number of nitrogens with one attached hydrogen (secondary N) is 1. The van der Waals surface area contributed by atoms with Crippen LogP contribution in [0.4, 0.5) is 11.8 Å². The number of nitrogen functional groups attached to an aromatic ring is 1. The van der Waals surface area contributed by atoms with Gasteiger partial charge < -0.3 is 11.1 Å². The lowest BCUT2D eigenvalue weighted by atomic mass is 10.1. The Morgan fingerprint density at radius 1 is 1.16 bits per heavy atom. The van der Waals surface area contributed by atoms with Crippen LogP contribution in [0, 0.1) is 18.3 Å². The van der Waals surface area contributed by atoms with Gasteiger partial charge in [-0.1, -0.05) is 41.9 Å². The minimum atomic E-state index is -0.392. The molecular formula is C23H19ClN6O. The second kappa shape index (κ2) is 8.09. The van der Waals surface area contributed by atoms with E-state index in [1.54, 1.807) is 23.6 Å². The molecule has 0 unspecified atom stereocenters. The number of aromatic nitrogens is 3. The minimum Gasteiger partial charge on any atom is -0.368 e. The maximum absolute atomic E-state index is 13.5. The minimum absolute atomic E-state index is 0.0666. The molecule has 2 heterocycles. The topological polar surface area (TPSA) is 110 Å².